The first kappa shape index (κ1) is 18.4. The second-order valence-electron chi connectivity index (χ2n) is 6.12. The van der Waals surface area contributed by atoms with Crippen molar-refractivity contribution >= 4 is 16.7 Å². The van der Waals surface area contributed by atoms with Crippen LogP contribution in [0.15, 0.2) is 54.6 Å². The fourth-order valence-electron chi connectivity index (χ4n) is 2.56. The van der Waals surface area contributed by atoms with E-state index in [0.717, 1.165) is 11.1 Å². The summed E-state index contributed by atoms with van der Waals surface area (Å²) in [6.07, 6.45) is 1.66. The average Bonchev–Trinajstić information content (AvgIpc) is 2.54. The molecule has 0 bridgehead atoms. The Balaban J connectivity index is 2.17. The van der Waals surface area contributed by atoms with Gasteiger partial charge in [-0.1, -0.05) is 42.5 Å². The van der Waals surface area contributed by atoms with Gasteiger partial charge in [-0.2, -0.15) is 0 Å². The molecule has 4 nitrogen and oxygen atoms in total. The first-order valence-electron chi connectivity index (χ1n) is 7.85. The molecular weight excluding hydrogens is 320 g/mol. The van der Waals surface area contributed by atoms with E-state index in [-0.39, 0.29) is 11.9 Å². The highest BCUT2D eigenvalue weighted by atomic mass is 32.2. The molecule has 2 rings (SSSR count). The summed E-state index contributed by atoms with van der Waals surface area (Å²) in [6, 6.07) is 17.2. The van der Waals surface area contributed by atoms with Crippen molar-refractivity contribution in [3.63, 3.8) is 0 Å². The number of carbonyl (C=O) groups excluding carboxylic acids is 1. The zero-order valence-corrected chi connectivity index (χ0v) is 15.2. The van der Waals surface area contributed by atoms with Crippen LogP contribution in [0.2, 0.25) is 0 Å². The number of nitrogens with one attached hydrogen (secondary N) is 1. The molecule has 0 saturated heterocycles. The Hall–Kier alpha value is -1.98. The van der Waals surface area contributed by atoms with E-state index in [4.69, 9.17) is 0 Å². The van der Waals surface area contributed by atoms with Crippen molar-refractivity contribution in [3.05, 3.63) is 71.3 Å². The van der Waals surface area contributed by atoms with Gasteiger partial charge >= 0.3 is 0 Å². The molecule has 0 saturated carbocycles. The van der Waals surface area contributed by atoms with E-state index in [1.807, 2.05) is 62.6 Å². The van der Waals surface area contributed by atoms with Crippen LogP contribution < -0.4 is 5.32 Å². The molecule has 1 N–H and O–H groups in total. The van der Waals surface area contributed by atoms with E-state index in [0.29, 0.717) is 17.9 Å². The summed E-state index contributed by atoms with van der Waals surface area (Å²) in [5.41, 5.74) is 2.58. The smallest absolute Gasteiger partial charge is 0.251 e. The van der Waals surface area contributed by atoms with Crippen LogP contribution in [0.3, 0.4) is 0 Å². The second-order valence-corrected chi connectivity index (χ2v) is 7.55. The van der Waals surface area contributed by atoms with Crippen LogP contribution in [0.25, 0.3) is 0 Å². The molecule has 0 radical (unpaired) electrons. The number of hydrogen-bond acceptors (Lipinski definition) is 3. The fourth-order valence-corrected chi connectivity index (χ4v) is 3.21. The Morgan fingerprint density at radius 3 is 2.46 bits per heavy atom. The van der Waals surface area contributed by atoms with Crippen molar-refractivity contribution < 1.29 is 9.00 Å². The van der Waals surface area contributed by atoms with E-state index in [9.17, 15) is 9.00 Å². The number of hydrogen-bond donors (Lipinski definition) is 1. The number of benzene rings is 2. The second kappa shape index (κ2) is 8.76. The van der Waals surface area contributed by atoms with E-state index < -0.39 is 10.8 Å². The zero-order chi connectivity index (χ0) is 17.5. The van der Waals surface area contributed by atoms with Gasteiger partial charge in [0.05, 0.1) is 6.04 Å². The standard InChI is InChI=1S/C19H24N2O2S/c1-21(2)13-18(16-9-5-4-6-10-16)20-19(22)17-11-7-8-15(12-17)14-24(3)23/h4-12,18H,13-14H2,1-3H3,(H,20,22). The van der Waals surface area contributed by atoms with E-state index in [2.05, 4.69) is 10.2 Å². The van der Waals surface area contributed by atoms with Gasteiger partial charge in [0.2, 0.25) is 0 Å². The summed E-state index contributed by atoms with van der Waals surface area (Å²) in [7, 11) is 3.05. The largest absolute Gasteiger partial charge is 0.344 e. The van der Waals surface area contributed by atoms with Gasteiger partial charge in [0.1, 0.15) is 0 Å². The summed E-state index contributed by atoms with van der Waals surface area (Å²) >= 11 is 0. The molecule has 0 aliphatic carbocycles. The first-order chi connectivity index (χ1) is 11.5. The number of rotatable bonds is 7. The van der Waals surface area contributed by atoms with Crippen molar-refractivity contribution in [3.8, 4) is 0 Å². The van der Waals surface area contributed by atoms with Crippen LogP contribution in [0.1, 0.15) is 27.5 Å². The third-order valence-corrected chi connectivity index (χ3v) is 4.35. The van der Waals surface area contributed by atoms with Gasteiger partial charge in [-0.05, 0) is 37.4 Å². The predicted molar refractivity (Wildman–Crippen MR) is 99.4 cm³/mol. The van der Waals surface area contributed by atoms with Gasteiger partial charge in [-0.25, -0.2) is 0 Å². The minimum atomic E-state index is -0.925. The Bertz CT molecular complexity index is 702. The van der Waals surface area contributed by atoms with Crippen LogP contribution in [0.5, 0.6) is 0 Å². The molecule has 0 fully saturated rings. The number of nitrogens with zero attached hydrogens (tertiary/aromatic N) is 1. The van der Waals surface area contributed by atoms with Crippen molar-refractivity contribution in [2.45, 2.75) is 11.8 Å². The molecule has 2 atom stereocenters. The maximum atomic E-state index is 12.6. The van der Waals surface area contributed by atoms with Gasteiger partial charge in [-0.3, -0.25) is 9.00 Å². The molecule has 1 amide bonds. The molecule has 5 heteroatoms. The molecule has 2 unspecified atom stereocenters. The lowest BCUT2D eigenvalue weighted by atomic mass is 10.1. The molecule has 0 aliphatic heterocycles. The quantitative estimate of drug-likeness (QED) is 0.840. The van der Waals surface area contributed by atoms with Gasteiger partial charge in [0.15, 0.2) is 0 Å². The normalized spacial score (nSPS) is 13.5. The zero-order valence-electron chi connectivity index (χ0n) is 14.4. The van der Waals surface area contributed by atoms with Gasteiger partial charge in [0, 0.05) is 34.9 Å². The summed E-state index contributed by atoms with van der Waals surface area (Å²) < 4.78 is 11.4. The van der Waals surface area contributed by atoms with Gasteiger partial charge < -0.3 is 10.2 Å². The SMILES string of the molecule is CN(C)CC(NC(=O)c1cccc(CS(C)=O)c1)c1ccccc1. The van der Waals surface area contributed by atoms with Crippen LogP contribution in [-0.2, 0) is 16.6 Å². The van der Waals surface area contributed by atoms with Crippen molar-refractivity contribution in [2.75, 3.05) is 26.9 Å². The van der Waals surface area contributed by atoms with Crippen molar-refractivity contribution in [2.24, 2.45) is 0 Å². The maximum absolute atomic E-state index is 12.6. The monoisotopic (exact) mass is 344 g/mol. The lowest BCUT2D eigenvalue weighted by Crippen LogP contribution is -2.35. The summed E-state index contributed by atoms with van der Waals surface area (Å²) in [6.45, 7) is 0.717. The van der Waals surface area contributed by atoms with Crippen LogP contribution in [0.4, 0.5) is 0 Å². The van der Waals surface area contributed by atoms with Crippen LogP contribution in [-0.4, -0.2) is 41.9 Å². The Morgan fingerprint density at radius 1 is 1.12 bits per heavy atom. The average molecular weight is 344 g/mol. The summed E-state index contributed by atoms with van der Waals surface area (Å²) in [5.74, 6) is 0.343. The highest BCUT2D eigenvalue weighted by molar-refractivity contribution is 7.83. The minimum absolute atomic E-state index is 0.0855. The van der Waals surface area contributed by atoms with E-state index in [1.165, 1.54) is 0 Å². The molecule has 0 heterocycles. The molecule has 0 spiro atoms. The highest BCUT2D eigenvalue weighted by Crippen LogP contribution is 2.15. The molecule has 2 aromatic rings. The van der Waals surface area contributed by atoms with Crippen molar-refractivity contribution in [1.82, 2.24) is 10.2 Å². The third kappa shape index (κ3) is 5.58. The van der Waals surface area contributed by atoms with E-state index >= 15 is 0 Å². The molecule has 128 valence electrons. The summed E-state index contributed by atoms with van der Waals surface area (Å²) in [5, 5.41) is 3.11. The number of carbonyl (C=O) groups is 1. The first-order valence-corrected chi connectivity index (χ1v) is 9.58. The highest BCUT2D eigenvalue weighted by Gasteiger charge is 2.16. The van der Waals surface area contributed by atoms with Crippen LogP contribution in [0, 0.1) is 0 Å². The lowest BCUT2D eigenvalue weighted by Gasteiger charge is -2.23. The molecule has 24 heavy (non-hydrogen) atoms. The van der Waals surface area contributed by atoms with Crippen molar-refractivity contribution in [1.29, 1.82) is 0 Å². The molecule has 2 aromatic carbocycles. The predicted octanol–water partition coefficient (Wildman–Crippen LogP) is 2.60. The number of likely N-dealkylation sites (N-methyl/N-ethyl adjacent to an activating group) is 1. The fraction of sp³-hybridized carbons (Fsp3) is 0.316. The third-order valence-electron chi connectivity index (χ3n) is 3.61. The Kier molecular flexibility index (Phi) is 6.70. The van der Waals surface area contributed by atoms with Gasteiger partial charge in [-0.15, -0.1) is 0 Å². The van der Waals surface area contributed by atoms with E-state index in [1.54, 1.807) is 12.3 Å². The lowest BCUT2D eigenvalue weighted by molar-refractivity contribution is 0.0930. The Labute approximate surface area is 146 Å². The Morgan fingerprint density at radius 2 is 1.83 bits per heavy atom. The molecular formula is C19H24N2O2S. The van der Waals surface area contributed by atoms with Crippen LogP contribution >= 0.6 is 0 Å². The topological polar surface area (TPSA) is 49.4 Å². The minimum Gasteiger partial charge on any atom is -0.344 e. The van der Waals surface area contributed by atoms with Gasteiger partial charge in [0.25, 0.3) is 5.91 Å². The maximum Gasteiger partial charge on any atom is 0.251 e. The molecule has 0 aliphatic rings. The number of amides is 1. The summed E-state index contributed by atoms with van der Waals surface area (Å²) in [4.78, 5) is 14.7. The molecule has 0 aromatic heterocycles.